The van der Waals surface area contributed by atoms with Gasteiger partial charge in [-0.25, -0.2) is 0 Å². The minimum absolute atomic E-state index is 0.231. The van der Waals surface area contributed by atoms with Crippen molar-refractivity contribution >= 4 is 17.5 Å². The van der Waals surface area contributed by atoms with E-state index < -0.39 is 11.6 Å². The van der Waals surface area contributed by atoms with Crippen LogP contribution in [0.1, 0.15) is 43.7 Å². The van der Waals surface area contributed by atoms with Crippen LogP contribution in [0.15, 0.2) is 65.3 Å². The highest BCUT2D eigenvalue weighted by molar-refractivity contribution is 6.01. The second-order valence-corrected chi connectivity index (χ2v) is 9.58. The third-order valence-electron chi connectivity index (χ3n) is 5.30. The molecule has 0 aliphatic heterocycles. The zero-order valence-electron chi connectivity index (χ0n) is 21.0. The van der Waals surface area contributed by atoms with Crippen LogP contribution < -0.4 is 10.2 Å². The zero-order chi connectivity index (χ0) is 25.9. The average Bonchev–Trinajstić information content (AvgIpc) is 3.46. The van der Waals surface area contributed by atoms with Crippen LogP contribution in [0.3, 0.4) is 0 Å². The van der Waals surface area contributed by atoms with E-state index >= 15 is 0 Å². The Hall–Kier alpha value is -4.34. The first-order valence-corrected chi connectivity index (χ1v) is 11.6. The summed E-state index contributed by atoms with van der Waals surface area (Å²) < 4.78 is 5.56. The molecule has 0 bridgehead atoms. The van der Waals surface area contributed by atoms with Crippen LogP contribution in [0.4, 0.5) is 5.69 Å². The van der Waals surface area contributed by atoms with Gasteiger partial charge >= 0.3 is 0 Å². The topological polar surface area (TPSA) is 119 Å². The van der Waals surface area contributed by atoms with E-state index in [1.54, 1.807) is 36.7 Å². The first kappa shape index (κ1) is 24.8. The summed E-state index contributed by atoms with van der Waals surface area (Å²) in [4.78, 5) is 34.2. The fourth-order valence-electron chi connectivity index (χ4n) is 3.70. The van der Waals surface area contributed by atoms with Gasteiger partial charge in [0, 0.05) is 23.6 Å². The maximum absolute atomic E-state index is 13.8. The van der Waals surface area contributed by atoms with E-state index in [4.69, 9.17) is 4.42 Å². The number of carbonyl (C=O) groups is 2. The van der Waals surface area contributed by atoms with Gasteiger partial charge in [-0.3, -0.25) is 19.5 Å². The molecule has 4 aromatic rings. The highest BCUT2D eigenvalue weighted by Gasteiger charge is 2.34. The Bertz CT molecular complexity index is 1340. The van der Waals surface area contributed by atoms with Crippen molar-refractivity contribution in [3.05, 3.63) is 77.8 Å². The van der Waals surface area contributed by atoms with Gasteiger partial charge in [0.25, 0.3) is 5.91 Å². The molecule has 4 rings (SSSR count). The lowest BCUT2D eigenvalue weighted by Crippen LogP contribution is -2.50. The van der Waals surface area contributed by atoms with Gasteiger partial charge in [0.1, 0.15) is 18.3 Å². The monoisotopic (exact) mass is 487 g/mol. The number of rotatable bonds is 7. The zero-order valence-corrected chi connectivity index (χ0v) is 21.0. The molecule has 1 atom stereocenters. The van der Waals surface area contributed by atoms with Gasteiger partial charge in [-0.05, 0) is 81.8 Å². The molecule has 1 N–H and O–H groups in total. The number of nitrogens with one attached hydrogen (secondary N) is 1. The fraction of sp³-hybridized carbons (Fsp3) is 0.308. The van der Waals surface area contributed by atoms with Crippen molar-refractivity contribution in [3.8, 4) is 11.6 Å². The molecule has 0 aliphatic carbocycles. The van der Waals surface area contributed by atoms with Gasteiger partial charge < -0.3 is 9.73 Å². The number of amides is 2. The number of nitrogens with zero attached hydrogens (tertiary/aromatic N) is 6. The number of benzene rings is 1. The molecule has 0 fully saturated rings. The normalized spacial score (nSPS) is 12.2. The smallest absolute Gasteiger partial charge is 0.251 e. The van der Waals surface area contributed by atoms with Crippen molar-refractivity contribution < 1.29 is 14.0 Å². The Kier molecular flexibility index (Phi) is 6.96. The van der Waals surface area contributed by atoms with Crippen LogP contribution in [0, 0.1) is 13.8 Å². The minimum atomic E-state index is -0.946. The molecule has 0 saturated carbocycles. The van der Waals surface area contributed by atoms with Gasteiger partial charge in [-0.15, -0.1) is 10.2 Å². The molecule has 186 valence electrons. The van der Waals surface area contributed by atoms with Crippen LogP contribution in [0.25, 0.3) is 11.6 Å². The molecule has 3 aromatic heterocycles. The lowest BCUT2D eigenvalue weighted by molar-refractivity contribution is -0.128. The van der Waals surface area contributed by atoms with E-state index in [1.165, 1.54) is 9.70 Å². The lowest BCUT2D eigenvalue weighted by Gasteiger charge is -2.33. The third kappa shape index (κ3) is 5.83. The number of furan rings is 1. The molecular formula is C26H29N7O3. The Labute approximate surface area is 209 Å². The van der Waals surface area contributed by atoms with E-state index in [2.05, 4.69) is 25.7 Å². The van der Waals surface area contributed by atoms with E-state index in [0.29, 0.717) is 22.8 Å². The number of anilines is 1. The summed E-state index contributed by atoms with van der Waals surface area (Å²) in [6.07, 6.45) is 3.20. The van der Waals surface area contributed by atoms with E-state index in [-0.39, 0.29) is 24.2 Å². The summed E-state index contributed by atoms with van der Waals surface area (Å²) in [5, 5.41) is 15.4. The van der Waals surface area contributed by atoms with Crippen LogP contribution in [0.5, 0.6) is 0 Å². The Balaban J connectivity index is 1.72. The van der Waals surface area contributed by atoms with Crippen molar-refractivity contribution in [2.24, 2.45) is 0 Å². The molecule has 3 heterocycles. The summed E-state index contributed by atoms with van der Waals surface area (Å²) >= 11 is 0. The molecular weight excluding hydrogens is 458 g/mol. The molecule has 10 heteroatoms. The second kappa shape index (κ2) is 10.1. The number of aryl methyl sites for hydroxylation is 2. The molecule has 0 spiro atoms. The summed E-state index contributed by atoms with van der Waals surface area (Å²) in [5.74, 6) is 0.744. The number of pyridine rings is 1. The summed E-state index contributed by atoms with van der Waals surface area (Å²) in [6, 6.07) is 13.5. The van der Waals surface area contributed by atoms with Crippen molar-refractivity contribution in [1.29, 1.82) is 0 Å². The molecule has 0 radical (unpaired) electrons. The van der Waals surface area contributed by atoms with E-state index in [0.717, 1.165) is 5.56 Å². The van der Waals surface area contributed by atoms with Crippen LogP contribution in [-0.4, -0.2) is 42.5 Å². The number of tetrazole rings is 1. The Morgan fingerprint density at radius 2 is 1.72 bits per heavy atom. The quantitative estimate of drug-likeness (QED) is 0.423. The molecule has 2 amide bonds. The van der Waals surface area contributed by atoms with E-state index in [1.807, 2.05) is 58.9 Å². The minimum Gasteiger partial charge on any atom is -0.458 e. The summed E-state index contributed by atoms with van der Waals surface area (Å²) in [7, 11) is 0. The highest BCUT2D eigenvalue weighted by Crippen LogP contribution is 2.29. The Morgan fingerprint density at radius 1 is 1.03 bits per heavy atom. The lowest BCUT2D eigenvalue weighted by atomic mass is 10.0. The van der Waals surface area contributed by atoms with Gasteiger partial charge in [0.15, 0.2) is 5.76 Å². The van der Waals surface area contributed by atoms with Gasteiger partial charge in [0.2, 0.25) is 11.7 Å². The van der Waals surface area contributed by atoms with E-state index in [9.17, 15) is 9.59 Å². The fourth-order valence-corrected chi connectivity index (χ4v) is 3.70. The van der Waals surface area contributed by atoms with Crippen molar-refractivity contribution in [1.82, 2.24) is 30.5 Å². The van der Waals surface area contributed by atoms with Crippen LogP contribution in [-0.2, 0) is 16.1 Å². The largest absolute Gasteiger partial charge is 0.458 e. The highest BCUT2D eigenvalue weighted by atomic mass is 16.3. The summed E-state index contributed by atoms with van der Waals surface area (Å²) in [6.45, 7) is 9.22. The van der Waals surface area contributed by atoms with Crippen LogP contribution in [0.2, 0.25) is 0 Å². The summed E-state index contributed by atoms with van der Waals surface area (Å²) in [5.41, 5.74) is 1.72. The molecule has 0 aliphatic rings. The van der Waals surface area contributed by atoms with Crippen molar-refractivity contribution in [2.45, 2.75) is 52.7 Å². The van der Waals surface area contributed by atoms with Crippen LogP contribution >= 0.6 is 0 Å². The third-order valence-corrected chi connectivity index (χ3v) is 5.30. The van der Waals surface area contributed by atoms with Crippen molar-refractivity contribution in [2.75, 3.05) is 4.90 Å². The predicted molar refractivity (Wildman–Crippen MR) is 134 cm³/mol. The molecule has 10 nitrogen and oxygen atoms in total. The Morgan fingerprint density at radius 3 is 2.33 bits per heavy atom. The SMILES string of the molecule is Cc1ccc(N(C(=O)Cn2nnc(-c3ccc(C)o3)n2)[C@H](C(=O)NC(C)(C)C)c2ccncc2)cc1. The first-order valence-electron chi connectivity index (χ1n) is 11.6. The maximum Gasteiger partial charge on any atom is 0.251 e. The van der Waals surface area contributed by atoms with Gasteiger partial charge in [-0.2, -0.15) is 4.80 Å². The number of hydrogen-bond donors (Lipinski definition) is 1. The number of aromatic nitrogens is 5. The van der Waals surface area contributed by atoms with Gasteiger partial charge in [-0.1, -0.05) is 17.7 Å². The molecule has 1 aromatic carbocycles. The van der Waals surface area contributed by atoms with Gasteiger partial charge in [0.05, 0.1) is 0 Å². The average molecular weight is 488 g/mol. The molecule has 0 saturated heterocycles. The molecule has 36 heavy (non-hydrogen) atoms. The second-order valence-electron chi connectivity index (χ2n) is 9.58. The standard InChI is InChI=1S/C26H29N7O3/c1-17-6-9-20(10-7-17)33(23(19-12-14-27-15-13-19)25(35)28-26(3,4)5)22(34)16-32-30-24(29-31-32)21-11-8-18(2)36-21/h6-15,23H,16H2,1-5H3,(H,28,35)/t23-/m0/s1. The van der Waals surface area contributed by atoms with Crippen molar-refractivity contribution in [3.63, 3.8) is 0 Å². The molecule has 0 unspecified atom stereocenters. The first-order chi connectivity index (χ1) is 17.1. The maximum atomic E-state index is 13.8. The number of hydrogen-bond acceptors (Lipinski definition) is 7. The predicted octanol–water partition coefficient (Wildman–Crippen LogP) is 3.63. The number of carbonyl (C=O) groups excluding carboxylic acids is 2.